The number of halogens is 2. The van der Waals surface area contributed by atoms with Gasteiger partial charge in [-0.25, -0.2) is 8.78 Å². The molecule has 0 aromatic heterocycles. The van der Waals surface area contributed by atoms with Gasteiger partial charge in [0.2, 0.25) is 0 Å². The molecule has 2 aromatic rings. The van der Waals surface area contributed by atoms with Crippen molar-refractivity contribution in [3.05, 3.63) is 70.8 Å². The Kier molecular flexibility index (Phi) is 5.69. The van der Waals surface area contributed by atoms with Gasteiger partial charge in [-0.3, -0.25) is 0 Å². The molecule has 0 bridgehead atoms. The summed E-state index contributed by atoms with van der Waals surface area (Å²) < 4.78 is 25.9. The molecule has 0 amide bonds. The number of benzene rings is 2. The second kappa shape index (κ2) is 8.15. The average Bonchev–Trinajstić information content (AvgIpc) is 2.63. The van der Waals surface area contributed by atoms with Crippen molar-refractivity contribution in [1.29, 1.82) is 0 Å². The zero-order chi connectivity index (χ0) is 17.6. The summed E-state index contributed by atoms with van der Waals surface area (Å²) in [7, 11) is 0. The summed E-state index contributed by atoms with van der Waals surface area (Å²) in [4.78, 5) is 0. The molecule has 0 spiro atoms. The normalized spacial score (nSPS) is 21.2. The van der Waals surface area contributed by atoms with Crippen molar-refractivity contribution in [2.45, 2.75) is 38.5 Å². The molecule has 0 unspecified atom stereocenters. The van der Waals surface area contributed by atoms with Crippen LogP contribution in [0.2, 0.25) is 0 Å². The van der Waals surface area contributed by atoms with Gasteiger partial charge in [0.05, 0.1) is 12.4 Å². The van der Waals surface area contributed by atoms with Crippen LogP contribution in [-0.2, 0) is 0 Å². The van der Waals surface area contributed by atoms with Crippen molar-refractivity contribution in [3.63, 3.8) is 0 Å². The summed E-state index contributed by atoms with van der Waals surface area (Å²) in [6, 6.07) is 12.0. The maximum atomic E-state index is 13.1. The van der Waals surface area contributed by atoms with Crippen molar-refractivity contribution < 1.29 is 8.78 Å². The Labute approximate surface area is 147 Å². The van der Waals surface area contributed by atoms with E-state index in [2.05, 4.69) is 29.3 Å². The molecule has 0 aliphatic heterocycles. The van der Waals surface area contributed by atoms with Crippen molar-refractivity contribution in [1.82, 2.24) is 0 Å². The Morgan fingerprint density at radius 3 is 2.04 bits per heavy atom. The molecule has 1 saturated carbocycles. The van der Waals surface area contributed by atoms with Gasteiger partial charge in [0.15, 0.2) is 11.6 Å². The number of rotatable bonds is 4. The smallest absolute Gasteiger partial charge is 0.159 e. The van der Waals surface area contributed by atoms with Gasteiger partial charge in [-0.2, -0.15) is 10.2 Å². The van der Waals surface area contributed by atoms with E-state index < -0.39 is 11.6 Å². The minimum Gasteiger partial charge on any atom is -0.204 e. The van der Waals surface area contributed by atoms with Gasteiger partial charge in [0, 0.05) is 0 Å². The zero-order valence-corrected chi connectivity index (χ0v) is 14.3. The molecule has 0 heterocycles. The number of nitrogens with zero attached hydrogens (tertiary/aromatic N) is 2. The van der Waals surface area contributed by atoms with Gasteiger partial charge in [-0.1, -0.05) is 50.1 Å². The fourth-order valence-electron chi connectivity index (χ4n) is 3.24. The van der Waals surface area contributed by atoms with E-state index in [9.17, 15) is 8.78 Å². The second-order valence-electron chi connectivity index (χ2n) is 6.79. The lowest BCUT2D eigenvalue weighted by Crippen LogP contribution is -2.10. The van der Waals surface area contributed by atoms with E-state index in [4.69, 9.17) is 0 Å². The van der Waals surface area contributed by atoms with Crippen LogP contribution in [0.25, 0.3) is 0 Å². The lowest BCUT2D eigenvalue weighted by Gasteiger charge is -2.26. The van der Waals surface area contributed by atoms with Crippen molar-refractivity contribution in [3.8, 4) is 0 Å². The molecule has 1 fully saturated rings. The summed E-state index contributed by atoms with van der Waals surface area (Å²) in [5, 5.41) is 7.85. The lowest BCUT2D eigenvalue weighted by atomic mass is 9.79. The molecule has 2 aromatic carbocycles. The third-order valence-electron chi connectivity index (χ3n) is 4.85. The van der Waals surface area contributed by atoms with Crippen LogP contribution in [0.5, 0.6) is 0 Å². The molecule has 0 saturated heterocycles. The summed E-state index contributed by atoms with van der Waals surface area (Å²) in [5.41, 5.74) is 2.84. The molecule has 0 radical (unpaired) electrons. The van der Waals surface area contributed by atoms with Crippen molar-refractivity contribution in [2.24, 2.45) is 16.1 Å². The highest BCUT2D eigenvalue weighted by Crippen LogP contribution is 2.35. The zero-order valence-electron chi connectivity index (χ0n) is 14.3. The van der Waals surface area contributed by atoms with Gasteiger partial charge >= 0.3 is 0 Å². The van der Waals surface area contributed by atoms with Gasteiger partial charge in [0.1, 0.15) is 0 Å². The molecule has 0 N–H and O–H groups in total. The van der Waals surface area contributed by atoms with Crippen LogP contribution in [0, 0.1) is 17.6 Å². The summed E-state index contributed by atoms with van der Waals surface area (Å²) in [6.07, 6.45) is 8.22. The summed E-state index contributed by atoms with van der Waals surface area (Å²) >= 11 is 0. The van der Waals surface area contributed by atoms with Crippen molar-refractivity contribution >= 4 is 12.4 Å². The fourth-order valence-corrected chi connectivity index (χ4v) is 3.24. The SMILES string of the molecule is CC1CCC(c2ccc(C=NN=Cc3ccc(F)c(F)c3)cc2)CC1. The quantitative estimate of drug-likeness (QED) is 0.503. The predicted molar refractivity (Wildman–Crippen MR) is 98.4 cm³/mol. The van der Waals surface area contributed by atoms with Crippen LogP contribution >= 0.6 is 0 Å². The van der Waals surface area contributed by atoms with Crippen LogP contribution in [-0.4, -0.2) is 12.4 Å². The molecule has 130 valence electrons. The Bertz CT molecular complexity index is 758. The molecule has 1 aliphatic rings. The number of hydrogen-bond acceptors (Lipinski definition) is 2. The first-order valence-electron chi connectivity index (χ1n) is 8.73. The Hall–Kier alpha value is -2.36. The van der Waals surface area contributed by atoms with Crippen LogP contribution < -0.4 is 0 Å². The minimum atomic E-state index is -0.888. The Balaban J connectivity index is 1.58. The first-order chi connectivity index (χ1) is 12.1. The molecular formula is C21H22F2N2. The van der Waals surface area contributed by atoms with E-state index >= 15 is 0 Å². The molecule has 4 heteroatoms. The molecular weight excluding hydrogens is 318 g/mol. The second-order valence-corrected chi connectivity index (χ2v) is 6.79. The summed E-state index contributed by atoms with van der Waals surface area (Å²) in [6.45, 7) is 2.33. The third-order valence-corrected chi connectivity index (χ3v) is 4.85. The van der Waals surface area contributed by atoms with Gasteiger partial charge < -0.3 is 0 Å². The van der Waals surface area contributed by atoms with E-state index in [1.165, 1.54) is 43.5 Å². The van der Waals surface area contributed by atoms with Gasteiger partial charge in [-0.05, 0) is 53.5 Å². The van der Waals surface area contributed by atoms with Gasteiger partial charge in [0.25, 0.3) is 0 Å². The van der Waals surface area contributed by atoms with Gasteiger partial charge in [-0.15, -0.1) is 0 Å². The Morgan fingerprint density at radius 2 is 1.40 bits per heavy atom. The largest absolute Gasteiger partial charge is 0.204 e. The van der Waals surface area contributed by atoms with Crippen LogP contribution in [0.15, 0.2) is 52.7 Å². The molecule has 1 aliphatic carbocycles. The Morgan fingerprint density at radius 1 is 0.800 bits per heavy atom. The highest BCUT2D eigenvalue weighted by Gasteiger charge is 2.19. The average molecular weight is 340 g/mol. The van der Waals surface area contributed by atoms with Crippen LogP contribution in [0.4, 0.5) is 8.78 Å². The first-order valence-corrected chi connectivity index (χ1v) is 8.73. The molecule has 25 heavy (non-hydrogen) atoms. The van der Waals surface area contributed by atoms with Crippen molar-refractivity contribution in [2.75, 3.05) is 0 Å². The maximum absolute atomic E-state index is 13.1. The van der Waals surface area contributed by atoms with E-state index in [-0.39, 0.29) is 0 Å². The highest BCUT2D eigenvalue weighted by molar-refractivity contribution is 5.82. The highest BCUT2D eigenvalue weighted by atomic mass is 19.2. The monoisotopic (exact) mass is 340 g/mol. The van der Waals surface area contributed by atoms with Crippen LogP contribution in [0.1, 0.15) is 55.2 Å². The van der Waals surface area contributed by atoms with E-state index in [1.54, 1.807) is 6.21 Å². The molecule has 2 nitrogen and oxygen atoms in total. The number of hydrogen-bond donors (Lipinski definition) is 0. The van der Waals surface area contributed by atoms with Crippen LogP contribution in [0.3, 0.4) is 0 Å². The standard InChI is InChI=1S/C21H22F2N2/c1-15-2-7-18(8-3-15)19-9-4-16(5-10-19)13-24-25-14-17-6-11-20(22)21(23)12-17/h4-6,9-15,18H,2-3,7-8H2,1H3. The predicted octanol–water partition coefficient (Wildman–Crippen LogP) is 5.71. The first kappa shape index (κ1) is 17.5. The van der Waals surface area contributed by atoms with E-state index in [0.717, 1.165) is 23.6 Å². The van der Waals surface area contributed by atoms with E-state index in [0.29, 0.717) is 11.5 Å². The fraction of sp³-hybridized carbons (Fsp3) is 0.333. The molecule has 3 rings (SSSR count). The minimum absolute atomic E-state index is 0.470. The summed E-state index contributed by atoms with van der Waals surface area (Å²) in [5.74, 6) is -0.225. The third kappa shape index (κ3) is 4.81. The molecule has 0 atom stereocenters. The van der Waals surface area contributed by atoms with E-state index in [1.807, 2.05) is 12.1 Å². The lowest BCUT2D eigenvalue weighted by molar-refractivity contribution is 0.348. The topological polar surface area (TPSA) is 24.7 Å². The maximum Gasteiger partial charge on any atom is 0.159 e.